The summed E-state index contributed by atoms with van der Waals surface area (Å²) in [5, 5.41) is 31.9. The van der Waals surface area contributed by atoms with Crippen LogP contribution in [0.25, 0.3) is 0 Å². The lowest BCUT2D eigenvalue weighted by atomic mass is 10.2. The molecule has 0 bridgehead atoms. The van der Waals surface area contributed by atoms with E-state index in [-0.39, 0.29) is 21.5 Å². The summed E-state index contributed by atoms with van der Waals surface area (Å²) >= 11 is 11.0. The molecule has 0 amide bonds. The number of nitrogens with one attached hydrogen (secondary N) is 1. The highest BCUT2D eigenvalue weighted by Crippen LogP contribution is 2.32. The number of nitro groups is 1. The molecule has 11 heteroatoms. The van der Waals surface area contributed by atoms with Gasteiger partial charge in [-0.1, -0.05) is 11.6 Å². The van der Waals surface area contributed by atoms with E-state index in [1.165, 1.54) is 17.0 Å². The van der Waals surface area contributed by atoms with E-state index in [9.17, 15) is 15.2 Å². The Kier molecular flexibility index (Phi) is 4.60. The van der Waals surface area contributed by atoms with Crippen LogP contribution in [0.3, 0.4) is 0 Å². The Morgan fingerprint density at radius 2 is 2.42 bits per heavy atom. The molecule has 1 aromatic heterocycles. The lowest BCUT2D eigenvalue weighted by Gasteiger charge is -2.07. The van der Waals surface area contributed by atoms with Crippen LogP contribution >= 0.6 is 23.8 Å². The number of ether oxygens (including phenoxy) is 1. The third-order valence-electron chi connectivity index (χ3n) is 3.49. The van der Waals surface area contributed by atoms with Gasteiger partial charge in [0.1, 0.15) is 6.10 Å². The lowest BCUT2D eigenvalue weighted by Crippen LogP contribution is -2.05. The van der Waals surface area contributed by atoms with E-state index in [0.29, 0.717) is 12.4 Å². The number of H-pyrrole nitrogens is 1. The molecular formula is C13H12ClN5O4S. The van der Waals surface area contributed by atoms with Crippen molar-refractivity contribution in [3.63, 3.8) is 0 Å². The Morgan fingerprint density at radius 1 is 1.62 bits per heavy atom. The minimum atomic E-state index is -0.722. The third kappa shape index (κ3) is 3.16. The molecule has 126 valence electrons. The van der Waals surface area contributed by atoms with Gasteiger partial charge in [-0.15, -0.1) is 0 Å². The van der Waals surface area contributed by atoms with Crippen LogP contribution in [0.15, 0.2) is 17.2 Å². The Bertz CT molecular complexity index is 872. The van der Waals surface area contributed by atoms with Crippen molar-refractivity contribution in [2.24, 2.45) is 5.10 Å². The van der Waals surface area contributed by atoms with E-state index in [2.05, 4.69) is 15.3 Å². The van der Waals surface area contributed by atoms with Crippen molar-refractivity contribution in [1.29, 1.82) is 0 Å². The number of rotatable bonds is 4. The largest absolute Gasteiger partial charge is 0.502 e. The molecule has 1 saturated heterocycles. The molecule has 2 heterocycles. The molecule has 1 aromatic carbocycles. The normalized spacial score (nSPS) is 17.6. The standard InChI is InChI=1S/C13H12ClN5O4S/c14-8-4-7(11(20)9(5-8)19(21)22)6-15-18-12(16-17-13(18)24)10-2-1-3-23-10/h4-6,10,20H,1-3H2,(H,17,24)/b15-6+/t10-/m0/s1. The van der Waals surface area contributed by atoms with E-state index in [4.69, 9.17) is 28.6 Å². The Balaban J connectivity index is 1.99. The average Bonchev–Trinajstić information content (AvgIpc) is 3.17. The number of nitro benzene ring substituents is 1. The van der Waals surface area contributed by atoms with Crippen LogP contribution < -0.4 is 0 Å². The van der Waals surface area contributed by atoms with Gasteiger partial charge < -0.3 is 9.84 Å². The summed E-state index contributed by atoms with van der Waals surface area (Å²) in [5.41, 5.74) is -0.408. The minimum absolute atomic E-state index is 0.0931. The predicted octanol–water partition coefficient (Wildman–Crippen LogP) is 2.94. The van der Waals surface area contributed by atoms with Crippen LogP contribution in [0.2, 0.25) is 5.02 Å². The number of phenols is 1. The maximum Gasteiger partial charge on any atom is 0.312 e. The lowest BCUT2D eigenvalue weighted by molar-refractivity contribution is -0.385. The second-order valence-electron chi connectivity index (χ2n) is 5.06. The summed E-state index contributed by atoms with van der Waals surface area (Å²) in [6, 6.07) is 2.43. The van der Waals surface area contributed by atoms with E-state index < -0.39 is 16.4 Å². The maximum atomic E-state index is 10.9. The topological polar surface area (TPSA) is 119 Å². The van der Waals surface area contributed by atoms with Gasteiger partial charge in [-0.2, -0.15) is 14.9 Å². The monoisotopic (exact) mass is 369 g/mol. The van der Waals surface area contributed by atoms with Crippen LogP contribution in [0.5, 0.6) is 5.75 Å². The fraction of sp³-hybridized carbons (Fsp3) is 0.308. The zero-order valence-corrected chi connectivity index (χ0v) is 13.8. The molecule has 0 aliphatic carbocycles. The zero-order chi connectivity index (χ0) is 17.3. The van der Waals surface area contributed by atoms with Crippen molar-refractivity contribution in [3.05, 3.63) is 43.4 Å². The summed E-state index contributed by atoms with van der Waals surface area (Å²) in [6.45, 7) is 0.634. The van der Waals surface area contributed by atoms with Gasteiger partial charge in [0.25, 0.3) is 0 Å². The smallest absolute Gasteiger partial charge is 0.312 e. The van der Waals surface area contributed by atoms with Gasteiger partial charge in [-0.05, 0) is 31.1 Å². The quantitative estimate of drug-likeness (QED) is 0.370. The first-order valence-electron chi connectivity index (χ1n) is 6.97. The summed E-state index contributed by atoms with van der Waals surface area (Å²) < 4.78 is 7.16. The van der Waals surface area contributed by atoms with Crippen molar-refractivity contribution in [1.82, 2.24) is 14.9 Å². The Hall–Kier alpha value is -2.30. The molecule has 1 fully saturated rings. The van der Waals surface area contributed by atoms with Gasteiger partial charge in [0, 0.05) is 23.3 Å². The molecule has 0 radical (unpaired) electrons. The summed E-state index contributed by atoms with van der Waals surface area (Å²) in [7, 11) is 0. The Morgan fingerprint density at radius 3 is 3.08 bits per heavy atom. The van der Waals surface area contributed by atoms with Gasteiger partial charge in [-0.25, -0.2) is 0 Å². The second kappa shape index (κ2) is 6.67. The molecule has 0 unspecified atom stereocenters. The molecule has 1 aliphatic rings. The molecule has 0 spiro atoms. The summed E-state index contributed by atoms with van der Waals surface area (Å²) in [5.74, 6) is -0.0217. The van der Waals surface area contributed by atoms with Crippen LogP contribution in [0.4, 0.5) is 5.69 Å². The average molecular weight is 370 g/mol. The molecule has 1 aliphatic heterocycles. The van der Waals surface area contributed by atoms with E-state index in [0.717, 1.165) is 18.9 Å². The molecule has 9 nitrogen and oxygen atoms in total. The highest BCUT2D eigenvalue weighted by atomic mass is 35.5. The van der Waals surface area contributed by atoms with E-state index in [1.807, 2.05) is 0 Å². The molecule has 24 heavy (non-hydrogen) atoms. The van der Waals surface area contributed by atoms with Gasteiger partial charge in [0.2, 0.25) is 10.5 Å². The van der Waals surface area contributed by atoms with Crippen molar-refractivity contribution in [2.45, 2.75) is 18.9 Å². The predicted molar refractivity (Wildman–Crippen MR) is 88.1 cm³/mol. The number of hydrogen-bond donors (Lipinski definition) is 2. The number of aromatic hydroxyl groups is 1. The number of hydrogen-bond acceptors (Lipinski definition) is 7. The summed E-state index contributed by atoms with van der Waals surface area (Å²) in [6.07, 6.45) is 2.72. The van der Waals surface area contributed by atoms with Gasteiger partial charge in [-0.3, -0.25) is 15.2 Å². The number of benzene rings is 1. The van der Waals surface area contributed by atoms with Gasteiger partial charge >= 0.3 is 5.69 Å². The van der Waals surface area contributed by atoms with Crippen molar-refractivity contribution in [3.8, 4) is 5.75 Å². The molecular weight excluding hydrogens is 358 g/mol. The van der Waals surface area contributed by atoms with Crippen LogP contribution in [0.1, 0.15) is 30.3 Å². The fourth-order valence-corrected chi connectivity index (χ4v) is 2.78. The van der Waals surface area contributed by atoms with Gasteiger partial charge in [0.05, 0.1) is 11.1 Å². The number of nitrogens with zero attached hydrogens (tertiary/aromatic N) is 4. The Labute approximate surface area is 145 Å². The number of aromatic amines is 1. The number of phenolic OH excluding ortho intramolecular Hbond substituents is 1. The third-order valence-corrected chi connectivity index (χ3v) is 3.97. The molecule has 3 rings (SSSR count). The van der Waals surface area contributed by atoms with Crippen LogP contribution in [0, 0.1) is 14.9 Å². The molecule has 1 atom stereocenters. The first-order valence-corrected chi connectivity index (χ1v) is 7.76. The molecule has 2 aromatic rings. The fourth-order valence-electron chi connectivity index (χ4n) is 2.37. The van der Waals surface area contributed by atoms with Gasteiger partial charge in [0.15, 0.2) is 5.82 Å². The molecule has 2 N–H and O–H groups in total. The summed E-state index contributed by atoms with van der Waals surface area (Å²) in [4.78, 5) is 10.2. The van der Waals surface area contributed by atoms with Crippen LogP contribution in [-0.2, 0) is 4.74 Å². The molecule has 0 saturated carbocycles. The van der Waals surface area contributed by atoms with Crippen molar-refractivity contribution >= 4 is 35.7 Å². The second-order valence-corrected chi connectivity index (χ2v) is 5.89. The van der Waals surface area contributed by atoms with Crippen LogP contribution in [-0.4, -0.2) is 37.7 Å². The minimum Gasteiger partial charge on any atom is -0.502 e. The van der Waals surface area contributed by atoms with Crippen molar-refractivity contribution in [2.75, 3.05) is 6.61 Å². The maximum absolute atomic E-state index is 10.9. The highest BCUT2D eigenvalue weighted by Gasteiger charge is 2.24. The number of aromatic nitrogens is 3. The van der Waals surface area contributed by atoms with E-state index in [1.54, 1.807) is 0 Å². The first kappa shape index (κ1) is 16.6. The SMILES string of the molecule is O=[N+]([O-])c1cc(Cl)cc(/C=N/n2c([C@@H]3CCCO3)n[nH]c2=S)c1O. The number of halogens is 1. The highest BCUT2D eigenvalue weighted by molar-refractivity contribution is 7.71. The van der Waals surface area contributed by atoms with Crippen molar-refractivity contribution < 1.29 is 14.8 Å². The van der Waals surface area contributed by atoms with E-state index >= 15 is 0 Å². The zero-order valence-electron chi connectivity index (χ0n) is 12.2. The first-order chi connectivity index (χ1) is 11.5.